The number of carbonyl (C=O) groups is 3. The minimum Gasteiger partial charge on any atom is -0.448 e. The van der Waals surface area contributed by atoms with E-state index >= 15 is 0 Å². The van der Waals surface area contributed by atoms with Gasteiger partial charge in [-0.05, 0) is 41.8 Å². The lowest BCUT2D eigenvalue weighted by Gasteiger charge is -2.34. The summed E-state index contributed by atoms with van der Waals surface area (Å²) in [5.41, 5.74) is 3.82. The van der Waals surface area contributed by atoms with Crippen molar-refractivity contribution < 1.29 is 19.1 Å². The highest BCUT2D eigenvalue weighted by Gasteiger charge is 2.35. The number of fused-ring (bicyclic) bond motifs is 1. The van der Waals surface area contributed by atoms with Gasteiger partial charge in [0.05, 0.1) is 11.6 Å². The predicted octanol–water partition coefficient (Wildman–Crippen LogP) is 4.52. The number of hydrogen-bond donors (Lipinski definition) is 1. The molecule has 0 spiro atoms. The van der Waals surface area contributed by atoms with Crippen LogP contribution in [0, 0.1) is 0 Å². The van der Waals surface area contributed by atoms with Crippen molar-refractivity contribution in [2.24, 2.45) is 0 Å². The second kappa shape index (κ2) is 9.69. The predicted molar refractivity (Wildman–Crippen MR) is 126 cm³/mol. The second-order valence-corrected chi connectivity index (χ2v) is 8.19. The molecule has 2 unspecified atom stereocenters. The lowest BCUT2D eigenvalue weighted by molar-refractivity contribution is -0.144. The molecule has 2 amide bonds. The molecule has 33 heavy (non-hydrogen) atoms. The van der Waals surface area contributed by atoms with E-state index in [1.165, 1.54) is 6.92 Å². The maximum atomic E-state index is 13.7. The number of nitrogens with one attached hydrogen (secondary N) is 1. The minimum absolute atomic E-state index is 0.162. The standard InChI is InChI=1S/C27H26N2O4/c1-18(21-12-8-13-23(15-21)28-19(2)30)29(17-20-9-4-3-5-10-20)26(31)25-16-22-11-6-7-14-24(22)27(32)33-25/h3-15,18,25H,16-17H2,1-2H3,(H,28,30). The van der Waals surface area contributed by atoms with E-state index in [1.54, 1.807) is 23.1 Å². The Bertz CT molecular complexity index is 1180. The van der Waals surface area contributed by atoms with E-state index in [4.69, 9.17) is 4.74 Å². The molecule has 0 radical (unpaired) electrons. The third-order valence-electron chi connectivity index (χ3n) is 5.80. The Morgan fingerprint density at radius 1 is 1.03 bits per heavy atom. The Kier molecular flexibility index (Phi) is 6.54. The van der Waals surface area contributed by atoms with Crippen molar-refractivity contribution >= 4 is 23.5 Å². The fourth-order valence-electron chi connectivity index (χ4n) is 4.10. The third-order valence-corrected chi connectivity index (χ3v) is 5.80. The monoisotopic (exact) mass is 442 g/mol. The van der Waals surface area contributed by atoms with E-state index < -0.39 is 12.1 Å². The quantitative estimate of drug-likeness (QED) is 0.570. The number of nitrogens with zero attached hydrogens (tertiary/aromatic N) is 1. The lowest BCUT2D eigenvalue weighted by atomic mass is 9.97. The molecule has 3 aromatic carbocycles. The fourth-order valence-corrected chi connectivity index (χ4v) is 4.10. The van der Waals surface area contributed by atoms with Crippen molar-refractivity contribution in [3.63, 3.8) is 0 Å². The normalized spacial score (nSPS) is 15.7. The van der Waals surface area contributed by atoms with Crippen molar-refractivity contribution in [3.8, 4) is 0 Å². The number of rotatable bonds is 6. The van der Waals surface area contributed by atoms with Gasteiger partial charge in [0.25, 0.3) is 5.91 Å². The Labute approximate surface area is 193 Å². The molecule has 0 saturated carbocycles. The van der Waals surface area contributed by atoms with Crippen molar-refractivity contribution in [1.82, 2.24) is 4.90 Å². The van der Waals surface area contributed by atoms with Gasteiger partial charge in [-0.2, -0.15) is 0 Å². The van der Waals surface area contributed by atoms with Gasteiger partial charge < -0.3 is 15.0 Å². The zero-order chi connectivity index (χ0) is 23.4. The summed E-state index contributed by atoms with van der Waals surface area (Å²) in [6, 6.07) is 24.0. The van der Waals surface area contributed by atoms with Crippen LogP contribution in [0.4, 0.5) is 5.69 Å². The van der Waals surface area contributed by atoms with Crippen LogP contribution in [-0.2, 0) is 27.3 Å². The minimum atomic E-state index is -0.892. The molecule has 0 saturated heterocycles. The summed E-state index contributed by atoms with van der Waals surface area (Å²) in [4.78, 5) is 39.5. The summed E-state index contributed by atoms with van der Waals surface area (Å²) < 4.78 is 5.57. The molecule has 1 N–H and O–H groups in total. The number of cyclic esters (lactones) is 1. The molecule has 1 aliphatic rings. The van der Waals surface area contributed by atoms with E-state index in [1.807, 2.05) is 67.6 Å². The molecule has 0 bridgehead atoms. The molecule has 6 nitrogen and oxygen atoms in total. The molecule has 4 rings (SSSR count). The Balaban J connectivity index is 1.64. The van der Waals surface area contributed by atoms with Gasteiger partial charge in [0, 0.05) is 25.6 Å². The van der Waals surface area contributed by atoms with Crippen LogP contribution >= 0.6 is 0 Å². The van der Waals surface area contributed by atoms with Crippen LogP contribution in [0.25, 0.3) is 0 Å². The van der Waals surface area contributed by atoms with E-state index in [-0.39, 0.29) is 17.9 Å². The van der Waals surface area contributed by atoms with Crippen LogP contribution in [0.3, 0.4) is 0 Å². The summed E-state index contributed by atoms with van der Waals surface area (Å²) in [5.74, 6) is -0.890. The molecule has 2 atom stereocenters. The topological polar surface area (TPSA) is 75.7 Å². The average molecular weight is 443 g/mol. The molecule has 0 fully saturated rings. The number of anilines is 1. The molecule has 3 aromatic rings. The molecule has 1 heterocycles. The van der Waals surface area contributed by atoms with Gasteiger partial charge >= 0.3 is 5.97 Å². The first-order chi connectivity index (χ1) is 15.9. The highest BCUT2D eigenvalue weighted by Crippen LogP contribution is 2.29. The van der Waals surface area contributed by atoms with E-state index in [9.17, 15) is 14.4 Å². The summed E-state index contributed by atoms with van der Waals surface area (Å²) in [6.45, 7) is 3.75. The fraction of sp³-hybridized carbons (Fsp3) is 0.222. The number of benzene rings is 3. The number of hydrogen-bond acceptors (Lipinski definition) is 4. The first-order valence-electron chi connectivity index (χ1n) is 10.9. The molecule has 1 aliphatic heterocycles. The Morgan fingerprint density at radius 2 is 1.76 bits per heavy atom. The average Bonchev–Trinajstić information content (AvgIpc) is 2.82. The molecule has 0 aliphatic carbocycles. The summed E-state index contributed by atoms with van der Waals surface area (Å²) in [7, 11) is 0. The van der Waals surface area contributed by atoms with Gasteiger partial charge in [0.1, 0.15) is 0 Å². The van der Waals surface area contributed by atoms with Crippen LogP contribution in [-0.4, -0.2) is 28.8 Å². The Hall–Kier alpha value is -3.93. The highest BCUT2D eigenvalue weighted by molar-refractivity contribution is 5.96. The van der Waals surface area contributed by atoms with Crippen LogP contribution < -0.4 is 5.32 Å². The lowest BCUT2D eigenvalue weighted by Crippen LogP contribution is -2.45. The smallest absolute Gasteiger partial charge is 0.339 e. The SMILES string of the molecule is CC(=O)Nc1cccc(C(C)N(Cc2ccccc2)C(=O)C2Cc3ccccc3C(=O)O2)c1. The van der Waals surface area contributed by atoms with Crippen LogP contribution in [0.5, 0.6) is 0 Å². The largest absolute Gasteiger partial charge is 0.448 e. The summed E-state index contributed by atoms with van der Waals surface area (Å²) in [5, 5.41) is 2.79. The van der Waals surface area contributed by atoms with Crippen molar-refractivity contribution in [2.45, 2.75) is 39.0 Å². The first kappa shape index (κ1) is 22.3. The second-order valence-electron chi connectivity index (χ2n) is 8.19. The maximum Gasteiger partial charge on any atom is 0.339 e. The maximum absolute atomic E-state index is 13.7. The van der Waals surface area contributed by atoms with Crippen molar-refractivity contribution in [3.05, 3.63) is 101 Å². The first-order valence-corrected chi connectivity index (χ1v) is 10.9. The Morgan fingerprint density at radius 3 is 2.52 bits per heavy atom. The highest BCUT2D eigenvalue weighted by atomic mass is 16.5. The van der Waals surface area contributed by atoms with E-state index in [2.05, 4.69) is 5.32 Å². The van der Waals surface area contributed by atoms with Gasteiger partial charge in [0.2, 0.25) is 5.91 Å². The molecular formula is C27H26N2O4. The van der Waals surface area contributed by atoms with E-state index in [0.29, 0.717) is 24.2 Å². The molecular weight excluding hydrogens is 416 g/mol. The number of esters is 1. The number of amides is 2. The van der Waals surface area contributed by atoms with Gasteiger partial charge in [0.15, 0.2) is 6.10 Å². The molecule has 6 heteroatoms. The summed E-state index contributed by atoms with van der Waals surface area (Å²) >= 11 is 0. The van der Waals surface area contributed by atoms with Gasteiger partial charge in [-0.25, -0.2) is 4.79 Å². The molecule has 0 aromatic heterocycles. The van der Waals surface area contributed by atoms with Crippen LogP contribution in [0.2, 0.25) is 0 Å². The van der Waals surface area contributed by atoms with Gasteiger partial charge in [-0.1, -0.05) is 60.7 Å². The van der Waals surface area contributed by atoms with E-state index in [0.717, 1.165) is 16.7 Å². The third kappa shape index (κ3) is 5.12. The zero-order valence-electron chi connectivity index (χ0n) is 18.7. The van der Waals surface area contributed by atoms with Gasteiger partial charge in [-0.15, -0.1) is 0 Å². The van der Waals surface area contributed by atoms with Crippen LogP contribution in [0.15, 0.2) is 78.9 Å². The van der Waals surface area contributed by atoms with Crippen molar-refractivity contribution in [2.75, 3.05) is 5.32 Å². The zero-order valence-corrected chi connectivity index (χ0v) is 18.7. The van der Waals surface area contributed by atoms with Crippen LogP contribution in [0.1, 0.15) is 46.9 Å². The number of ether oxygens (including phenoxy) is 1. The van der Waals surface area contributed by atoms with Crippen molar-refractivity contribution in [1.29, 1.82) is 0 Å². The summed E-state index contributed by atoms with van der Waals surface area (Å²) in [6.07, 6.45) is -0.554. The number of carbonyl (C=O) groups excluding carboxylic acids is 3. The van der Waals surface area contributed by atoms with Gasteiger partial charge in [-0.3, -0.25) is 9.59 Å². The molecule has 168 valence electrons.